The topological polar surface area (TPSA) is 54.5 Å². The smallest absolute Gasteiger partial charge is 0.223 e. The van der Waals surface area contributed by atoms with Gasteiger partial charge in [0, 0.05) is 38.4 Å². The van der Waals surface area contributed by atoms with Gasteiger partial charge < -0.3 is 15.0 Å². The fourth-order valence-corrected chi connectivity index (χ4v) is 3.07. The SMILES string of the molecule is COc1ccc(C2CNCCN2C(=O)CCc2cccnc2)cc1. The van der Waals surface area contributed by atoms with Crippen molar-refractivity contribution in [2.75, 3.05) is 26.7 Å². The first-order chi connectivity index (χ1) is 11.8. The van der Waals surface area contributed by atoms with Crippen LogP contribution < -0.4 is 10.1 Å². The second kappa shape index (κ2) is 7.93. The summed E-state index contributed by atoms with van der Waals surface area (Å²) in [5.41, 5.74) is 2.24. The first-order valence-electron chi connectivity index (χ1n) is 8.31. The summed E-state index contributed by atoms with van der Waals surface area (Å²) in [4.78, 5) is 18.8. The van der Waals surface area contributed by atoms with Crippen LogP contribution >= 0.6 is 0 Å². The zero-order chi connectivity index (χ0) is 16.8. The molecular formula is C19H23N3O2. The van der Waals surface area contributed by atoms with Crippen molar-refractivity contribution in [2.24, 2.45) is 0 Å². The maximum absolute atomic E-state index is 12.7. The second-order valence-electron chi connectivity index (χ2n) is 5.94. The minimum atomic E-state index is 0.0751. The van der Waals surface area contributed by atoms with Gasteiger partial charge in [-0.05, 0) is 35.7 Å². The van der Waals surface area contributed by atoms with E-state index in [4.69, 9.17) is 4.74 Å². The lowest BCUT2D eigenvalue weighted by atomic mass is 10.0. The lowest BCUT2D eigenvalue weighted by Crippen LogP contribution is -2.48. The number of aryl methyl sites for hydroxylation is 1. The first kappa shape index (κ1) is 16.5. The normalized spacial score (nSPS) is 17.5. The van der Waals surface area contributed by atoms with Crippen LogP contribution in [0.5, 0.6) is 5.75 Å². The number of ether oxygens (including phenoxy) is 1. The number of piperazine rings is 1. The molecule has 0 aliphatic carbocycles. The number of nitrogens with zero attached hydrogens (tertiary/aromatic N) is 2. The maximum atomic E-state index is 12.7. The van der Waals surface area contributed by atoms with E-state index in [0.717, 1.165) is 42.9 Å². The van der Waals surface area contributed by atoms with Crippen molar-refractivity contribution < 1.29 is 9.53 Å². The van der Waals surface area contributed by atoms with Gasteiger partial charge in [-0.15, -0.1) is 0 Å². The predicted octanol–water partition coefficient (Wildman–Crippen LogP) is 2.20. The number of methoxy groups -OCH3 is 1. The van der Waals surface area contributed by atoms with E-state index in [-0.39, 0.29) is 11.9 Å². The van der Waals surface area contributed by atoms with E-state index in [1.807, 2.05) is 47.5 Å². The number of hydrogen-bond donors (Lipinski definition) is 1. The Morgan fingerprint density at radius 1 is 1.33 bits per heavy atom. The zero-order valence-corrected chi connectivity index (χ0v) is 13.9. The molecule has 24 heavy (non-hydrogen) atoms. The van der Waals surface area contributed by atoms with E-state index in [9.17, 15) is 4.79 Å². The van der Waals surface area contributed by atoms with Gasteiger partial charge in [0.2, 0.25) is 5.91 Å². The molecule has 1 aromatic heterocycles. The number of carbonyl (C=O) groups excluding carboxylic acids is 1. The number of rotatable bonds is 5. The zero-order valence-electron chi connectivity index (χ0n) is 13.9. The van der Waals surface area contributed by atoms with Crippen molar-refractivity contribution in [3.05, 3.63) is 59.9 Å². The summed E-state index contributed by atoms with van der Waals surface area (Å²) >= 11 is 0. The van der Waals surface area contributed by atoms with Crippen LogP contribution in [0.15, 0.2) is 48.8 Å². The van der Waals surface area contributed by atoms with Gasteiger partial charge in [0.1, 0.15) is 5.75 Å². The lowest BCUT2D eigenvalue weighted by molar-refractivity contribution is -0.134. The van der Waals surface area contributed by atoms with Crippen LogP contribution in [0.1, 0.15) is 23.6 Å². The molecule has 5 heteroatoms. The molecule has 1 N–H and O–H groups in total. The number of aromatic nitrogens is 1. The molecule has 1 aliphatic rings. The van der Waals surface area contributed by atoms with Crippen molar-refractivity contribution in [1.29, 1.82) is 0 Å². The first-order valence-corrected chi connectivity index (χ1v) is 8.31. The number of nitrogens with one attached hydrogen (secondary N) is 1. The van der Waals surface area contributed by atoms with Gasteiger partial charge in [0.15, 0.2) is 0 Å². The highest BCUT2D eigenvalue weighted by atomic mass is 16.5. The van der Waals surface area contributed by atoms with Crippen molar-refractivity contribution in [3.63, 3.8) is 0 Å². The van der Waals surface area contributed by atoms with E-state index < -0.39 is 0 Å². The molecule has 1 atom stereocenters. The van der Waals surface area contributed by atoms with Crippen molar-refractivity contribution in [1.82, 2.24) is 15.2 Å². The average molecular weight is 325 g/mol. The Labute approximate surface area is 142 Å². The van der Waals surface area contributed by atoms with Gasteiger partial charge in [-0.25, -0.2) is 0 Å². The molecule has 0 saturated carbocycles. The Kier molecular flexibility index (Phi) is 5.43. The molecule has 126 valence electrons. The van der Waals surface area contributed by atoms with Crippen LogP contribution in [-0.2, 0) is 11.2 Å². The summed E-state index contributed by atoms with van der Waals surface area (Å²) in [6.45, 7) is 2.36. The predicted molar refractivity (Wildman–Crippen MR) is 92.9 cm³/mol. The number of hydrogen-bond acceptors (Lipinski definition) is 4. The molecule has 1 saturated heterocycles. The number of amides is 1. The summed E-state index contributed by atoms with van der Waals surface area (Å²) in [6, 6.07) is 12.0. The second-order valence-corrected chi connectivity index (χ2v) is 5.94. The van der Waals surface area contributed by atoms with Gasteiger partial charge in [-0.2, -0.15) is 0 Å². The van der Waals surface area contributed by atoms with E-state index in [0.29, 0.717) is 6.42 Å². The van der Waals surface area contributed by atoms with E-state index >= 15 is 0 Å². The Morgan fingerprint density at radius 3 is 2.88 bits per heavy atom. The quantitative estimate of drug-likeness (QED) is 0.916. The van der Waals surface area contributed by atoms with Gasteiger partial charge in [-0.3, -0.25) is 9.78 Å². The fourth-order valence-electron chi connectivity index (χ4n) is 3.07. The highest BCUT2D eigenvalue weighted by Gasteiger charge is 2.27. The number of carbonyl (C=O) groups is 1. The molecular weight excluding hydrogens is 302 g/mol. The Balaban J connectivity index is 1.67. The van der Waals surface area contributed by atoms with E-state index in [1.54, 1.807) is 13.3 Å². The minimum Gasteiger partial charge on any atom is -0.497 e. The summed E-state index contributed by atoms with van der Waals surface area (Å²) in [5, 5.41) is 3.39. The van der Waals surface area contributed by atoms with Gasteiger partial charge in [-0.1, -0.05) is 18.2 Å². The van der Waals surface area contributed by atoms with Crippen LogP contribution in [0.25, 0.3) is 0 Å². The minimum absolute atomic E-state index is 0.0751. The van der Waals surface area contributed by atoms with Crippen molar-refractivity contribution >= 4 is 5.91 Å². The Morgan fingerprint density at radius 2 is 2.17 bits per heavy atom. The largest absolute Gasteiger partial charge is 0.497 e. The van der Waals surface area contributed by atoms with Gasteiger partial charge in [0.25, 0.3) is 0 Å². The number of pyridine rings is 1. The van der Waals surface area contributed by atoms with Gasteiger partial charge >= 0.3 is 0 Å². The van der Waals surface area contributed by atoms with Crippen molar-refractivity contribution in [2.45, 2.75) is 18.9 Å². The van der Waals surface area contributed by atoms with Crippen LogP contribution in [0, 0.1) is 0 Å². The Hall–Kier alpha value is -2.40. The number of benzene rings is 1. The third-order valence-electron chi connectivity index (χ3n) is 4.41. The highest BCUT2D eigenvalue weighted by Crippen LogP contribution is 2.25. The van der Waals surface area contributed by atoms with Crippen LogP contribution in [0.4, 0.5) is 0 Å². The van der Waals surface area contributed by atoms with E-state index in [2.05, 4.69) is 10.3 Å². The molecule has 1 aliphatic heterocycles. The molecule has 2 aromatic rings. The van der Waals surface area contributed by atoms with Crippen LogP contribution in [0.3, 0.4) is 0 Å². The van der Waals surface area contributed by atoms with Crippen LogP contribution in [0.2, 0.25) is 0 Å². The molecule has 1 fully saturated rings. The summed E-state index contributed by atoms with van der Waals surface area (Å²) < 4.78 is 5.22. The molecule has 5 nitrogen and oxygen atoms in total. The molecule has 0 bridgehead atoms. The molecule has 1 unspecified atom stereocenters. The molecule has 0 spiro atoms. The molecule has 3 rings (SSSR count). The van der Waals surface area contributed by atoms with Crippen molar-refractivity contribution in [3.8, 4) is 5.75 Å². The third-order valence-corrected chi connectivity index (χ3v) is 4.41. The average Bonchev–Trinajstić information content (AvgIpc) is 2.67. The molecule has 0 radical (unpaired) electrons. The molecule has 1 amide bonds. The highest BCUT2D eigenvalue weighted by molar-refractivity contribution is 5.77. The maximum Gasteiger partial charge on any atom is 0.223 e. The van der Waals surface area contributed by atoms with Crippen LogP contribution in [-0.4, -0.2) is 42.5 Å². The standard InChI is InChI=1S/C19H23N3O2/c1-24-17-7-5-16(6-8-17)18-14-21-11-12-22(18)19(23)9-4-15-3-2-10-20-13-15/h2-3,5-8,10,13,18,21H,4,9,11-12,14H2,1H3. The lowest BCUT2D eigenvalue weighted by Gasteiger charge is -2.36. The third kappa shape index (κ3) is 3.92. The molecule has 1 aromatic carbocycles. The molecule has 2 heterocycles. The van der Waals surface area contributed by atoms with E-state index in [1.165, 1.54) is 0 Å². The summed E-state index contributed by atoms with van der Waals surface area (Å²) in [6.07, 6.45) is 4.82. The van der Waals surface area contributed by atoms with Gasteiger partial charge in [0.05, 0.1) is 13.2 Å². The summed E-state index contributed by atoms with van der Waals surface area (Å²) in [7, 11) is 1.66. The fraction of sp³-hybridized carbons (Fsp3) is 0.368. The monoisotopic (exact) mass is 325 g/mol. The Bertz CT molecular complexity index is 658. The summed E-state index contributed by atoms with van der Waals surface area (Å²) in [5.74, 6) is 1.03.